The minimum Gasteiger partial charge on any atom is -0.377 e. The lowest BCUT2D eigenvalue weighted by Crippen LogP contribution is -2.15. The molecule has 0 fully saturated rings. The summed E-state index contributed by atoms with van der Waals surface area (Å²) in [5.41, 5.74) is 4.91. The number of pyridine rings is 1. The van der Waals surface area contributed by atoms with E-state index in [1.807, 2.05) is 6.92 Å². The fourth-order valence-corrected chi connectivity index (χ4v) is 2.09. The van der Waals surface area contributed by atoms with Crippen molar-refractivity contribution in [2.75, 3.05) is 27.3 Å². The maximum atomic E-state index is 5.36. The van der Waals surface area contributed by atoms with Crippen molar-refractivity contribution < 1.29 is 4.74 Å². The lowest BCUT2D eigenvalue weighted by Gasteiger charge is -2.18. The standard InChI is InChI=1S/C14H20N2O/c1-11-4-5-13(12-6-8-17-9-7-12)14(15-11)10-16(2)3/h4-6H,7-10H2,1-3H3. The third kappa shape index (κ3) is 3.14. The SMILES string of the molecule is Cc1ccc(C2=CCOCC2)c(CN(C)C)n1. The van der Waals surface area contributed by atoms with Crippen LogP contribution in [0.25, 0.3) is 5.57 Å². The van der Waals surface area contributed by atoms with Crippen molar-refractivity contribution in [3.05, 3.63) is 35.2 Å². The molecule has 3 heteroatoms. The van der Waals surface area contributed by atoms with Gasteiger partial charge in [-0.05, 0) is 39.1 Å². The fraction of sp³-hybridized carbons (Fsp3) is 0.500. The molecule has 3 nitrogen and oxygen atoms in total. The number of aromatic nitrogens is 1. The second-order valence-corrected chi connectivity index (χ2v) is 4.74. The van der Waals surface area contributed by atoms with Gasteiger partial charge in [0.15, 0.2) is 0 Å². The Morgan fingerprint density at radius 1 is 1.35 bits per heavy atom. The number of hydrogen-bond acceptors (Lipinski definition) is 3. The van der Waals surface area contributed by atoms with Gasteiger partial charge in [-0.15, -0.1) is 0 Å². The Morgan fingerprint density at radius 3 is 2.82 bits per heavy atom. The normalized spacial score (nSPS) is 16.1. The molecule has 0 N–H and O–H groups in total. The van der Waals surface area contributed by atoms with Crippen LogP contribution in [0.15, 0.2) is 18.2 Å². The third-order valence-electron chi connectivity index (χ3n) is 2.89. The third-order valence-corrected chi connectivity index (χ3v) is 2.89. The number of nitrogens with zero attached hydrogens (tertiary/aromatic N) is 2. The van der Waals surface area contributed by atoms with Gasteiger partial charge in [-0.3, -0.25) is 4.98 Å². The molecule has 92 valence electrons. The largest absolute Gasteiger partial charge is 0.377 e. The van der Waals surface area contributed by atoms with Crippen molar-refractivity contribution in [1.29, 1.82) is 0 Å². The summed E-state index contributed by atoms with van der Waals surface area (Å²) in [6, 6.07) is 4.28. The van der Waals surface area contributed by atoms with Gasteiger partial charge >= 0.3 is 0 Å². The molecule has 0 amide bonds. The summed E-state index contributed by atoms with van der Waals surface area (Å²) in [5.74, 6) is 0. The quantitative estimate of drug-likeness (QED) is 0.799. The van der Waals surface area contributed by atoms with Crippen molar-refractivity contribution in [2.45, 2.75) is 19.9 Å². The van der Waals surface area contributed by atoms with E-state index in [0.717, 1.165) is 31.9 Å². The van der Waals surface area contributed by atoms with E-state index in [1.165, 1.54) is 16.8 Å². The van der Waals surface area contributed by atoms with Crippen molar-refractivity contribution in [3.63, 3.8) is 0 Å². The van der Waals surface area contributed by atoms with Gasteiger partial charge in [0.2, 0.25) is 0 Å². The zero-order valence-corrected chi connectivity index (χ0v) is 10.9. The second-order valence-electron chi connectivity index (χ2n) is 4.74. The number of aryl methyl sites for hydroxylation is 1. The van der Waals surface area contributed by atoms with Gasteiger partial charge in [0.1, 0.15) is 0 Å². The first kappa shape index (κ1) is 12.3. The van der Waals surface area contributed by atoms with Gasteiger partial charge in [-0.1, -0.05) is 12.1 Å². The monoisotopic (exact) mass is 232 g/mol. The van der Waals surface area contributed by atoms with Crippen LogP contribution in [0.5, 0.6) is 0 Å². The molecule has 1 aromatic rings. The molecular formula is C14H20N2O. The van der Waals surface area contributed by atoms with E-state index in [0.29, 0.717) is 0 Å². The summed E-state index contributed by atoms with van der Waals surface area (Å²) < 4.78 is 5.36. The first-order valence-electron chi connectivity index (χ1n) is 6.05. The predicted octanol–water partition coefficient (Wildman–Crippen LogP) is 2.26. The molecule has 0 radical (unpaired) electrons. The van der Waals surface area contributed by atoms with E-state index in [9.17, 15) is 0 Å². The number of ether oxygens (including phenoxy) is 1. The van der Waals surface area contributed by atoms with E-state index < -0.39 is 0 Å². The first-order valence-corrected chi connectivity index (χ1v) is 6.05. The lowest BCUT2D eigenvalue weighted by molar-refractivity contribution is 0.161. The second kappa shape index (κ2) is 5.43. The van der Waals surface area contributed by atoms with Crippen LogP contribution in [0.4, 0.5) is 0 Å². The lowest BCUT2D eigenvalue weighted by atomic mass is 9.99. The van der Waals surface area contributed by atoms with Crippen LogP contribution < -0.4 is 0 Å². The highest BCUT2D eigenvalue weighted by atomic mass is 16.5. The predicted molar refractivity (Wildman–Crippen MR) is 69.8 cm³/mol. The van der Waals surface area contributed by atoms with Crippen LogP contribution in [0.2, 0.25) is 0 Å². The molecule has 0 bridgehead atoms. The minimum atomic E-state index is 0.727. The van der Waals surface area contributed by atoms with Crippen molar-refractivity contribution in [2.24, 2.45) is 0 Å². The molecule has 2 heterocycles. The van der Waals surface area contributed by atoms with Crippen LogP contribution in [-0.2, 0) is 11.3 Å². The van der Waals surface area contributed by atoms with Crippen molar-refractivity contribution in [1.82, 2.24) is 9.88 Å². The van der Waals surface area contributed by atoms with E-state index in [2.05, 4.69) is 42.2 Å². The van der Waals surface area contributed by atoms with Crippen LogP contribution in [0.3, 0.4) is 0 Å². The van der Waals surface area contributed by atoms with Gasteiger partial charge < -0.3 is 9.64 Å². The Hall–Kier alpha value is -1.19. The Morgan fingerprint density at radius 2 is 2.18 bits per heavy atom. The van der Waals surface area contributed by atoms with Gasteiger partial charge in [-0.2, -0.15) is 0 Å². The molecule has 17 heavy (non-hydrogen) atoms. The molecule has 2 rings (SSSR count). The van der Waals surface area contributed by atoms with Gasteiger partial charge in [-0.25, -0.2) is 0 Å². The number of rotatable bonds is 3. The minimum absolute atomic E-state index is 0.727. The highest BCUT2D eigenvalue weighted by Gasteiger charge is 2.12. The molecule has 0 atom stereocenters. The zero-order chi connectivity index (χ0) is 12.3. The van der Waals surface area contributed by atoms with Crippen LogP contribution >= 0.6 is 0 Å². The average Bonchev–Trinajstić information content (AvgIpc) is 2.29. The highest BCUT2D eigenvalue weighted by Crippen LogP contribution is 2.24. The van der Waals surface area contributed by atoms with E-state index >= 15 is 0 Å². The molecule has 0 spiro atoms. The van der Waals surface area contributed by atoms with Gasteiger partial charge in [0, 0.05) is 17.8 Å². The maximum Gasteiger partial charge on any atom is 0.0653 e. The molecule has 1 aromatic heterocycles. The topological polar surface area (TPSA) is 25.4 Å². The van der Waals surface area contributed by atoms with E-state index in [1.54, 1.807) is 0 Å². The molecule has 1 aliphatic heterocycles. The van der Waals surface area contributed by atoms with Gasteiger partial charge in [0.25, 0.3) is 0 Å². The molecule has 0 unspecified atom stereocenters. The van der Waals surface area contributed by atoms with Gasteiger partial charge in [0.05, 0.1) is 18.9 Å². The summed E-state index contributed by atoms with van der Waals surface area (Å²) in [7, 11) is 4.15. The van der Waals surface area contributed by atoms with E-state index in [-0.39, 0.29) is 0 Å². The maximum absolute atomic E-state index is 5.36. The smallest absolute Gasteiger partial charge is 0.0653 e. The summed E-state index contributed by atoms with van der Waals surface area (Å²) in [5, 5.41) is 0. The molecule has 1 aliphatic rings. The Kier molecular flexibility index (Phi) is 3.92. The average molecular weight is 232 g/mol. The fourth-order valence-electron chi connectivity index (χ4n) is 2.09. The summed E-state index contributed by atoms with van der Waals surface area (Å²) in [6.45, 7) is 4.47. The molecular weight excluding hydrogens is 212 g/mol. The van der Waals surface area contributed by atoms with E-state index in [4.69, 9.17) is 4.74 Å². The zero-order valence-electron chi connectivity index (χ0n) is 10.9. The van der Waals surface area contributed by atoms with Crippen LogP contribution in [0, 0.1) is 6.92 Å². The summed E-state index contributed by atoms with van der Waals surface area (Å²) in [6.07, 6.45) is 3.17. The van der Waals surface area contributed by atoms with Crippen LogP contribution in [-0.4, -0.2) is 37.2 Å². The molecule has 0 saturated carbocycles. The Labute approximate surface area is 103 Å². The van der Waals surface area contributed by atoms with Crippen molar-refractivity contribution in [3.8, 4) is 0 Å². The highest BCUT2D eigenvalue weighted by molar-refractivity contribution is 5.68. The Bertz CT molecular complexity index is 424. The van der Waals surface area contributed by atoms with Crippen LogP contribution in [0.1, 0.15) is 23.4 Å². The molecule has 0 aliphatic carbocycles. The van der Waals surface area contributed by atoms with Crippen molar-refractivity contribution >= 4 is 5.57 Å². The summed E-state index contributed by atoms with van der Waals surface area (Å²) >= 11 is 0. The molecule has 0 aromatic carbocycles. The molecule has 0 saturated heterocycles. The Balaban J connectivity index is 2.34. The summed E-state index contributed by atoms with van der Waals surface area (Å²) in [4.78, 5) is 6.82. The number of hydrogen-bond donors (Lipinski definition) is 0. The first-order chi connectivity index (χ1) is 8.16.